The second kappa shape index (κ2) is 6.67. The predicted molar refractivity (Wildman–Crippen MR) is 85.0 cm³/mol. The molecule has 1 aliphatic carbocycles. The van der Waals surface area contributed by atoms with E-state index < -0.39 is 0 Å². The lowest BCUT2D eigenvalue weighted by atomic mass is 9.91. The quantitative estimate of drug-likeness (QED) is 0.925. The third-order valence-electron chi connectivity index (χ3n) is 4.91. The van der Waals surface area contributed by atoms with Gasteiger partial charge < -0.3 is 14.7 Å². The van der Waals surface area contributed by atoms with Crippen LogP contribution in [0.5, 0.6) is 5.75 Å². The molecule has 116 valence electrons. The lowest BCUT2D eigenvalue weighted by molar-refractivity contribution is 0.0173. The molecule has 0 radical (unpaired) electrons. The number of hydrogen-bond acceptors (Lipinski definition) is 4. The van der Waals surface area contributed by atoms with Gasteiger partial charge in [-0.25, -0.2) is 0 Å². The van der Waals surface area contributed by atoms with Gasteiger partial charge in [0.2, 0.25) is 0 Å². The van der Waals surface area contributed by atoms with E-state index in [0.29, 0.717) is 6.04 Å². The topological polar surface area (TPSA) is 35.9 Å². The van der Waals surface area contributed by atoms with Crippen molar-refractivity contribution >= 4 is 5.69 Å². The smallest absolute Gasteiger partial charge is 0.119 e. The molecule has 1 N–H and O–H groups in total. The largest absolute Gasteiger partial charge is 0.497 e. The molecule has 1 aromatic carbocycles. The van der Waals surface area contributed by atoms with Crippen molar-refractivity contribution in [2.45, 2.75) is 37.8 Å². The maximum absolute atomic E-state index is 10.2. The zero-order valence-corrected chi connectivity index (χ0v) is 12.9. The molecule has 2 atom stereocenters. The van der Waals surface area contributed by atoms with E-state index in [-0.39, 0.29) is 6.10 Å². The third kappa shape index (κ3) is 3.33. The standard InChI is InChI=1S/C17H26N2O2/c1-21-15-8-6-14(7-9-15)18-10-12-19(13-11-18)16-4-2-3-5-17(16)20/h6-9,16-17,20H,2-5,10-13H2,1H3/t16-,17-/m0/s1. The minimum Gasteiger partial charge on any atom is -0.497 e. The van der Waals surface area contributed by atoms with Crippen molar-refractivity contribution in [3.8, 4) is 5.75 Å². The van der Waals surface area contributed by atoms with E-state index in [1.807, 2.05) is 12.1 Å². The molecule has 1 saturated heterocycles. The van der Waals surface area contributed by atoms with Crippen molar-refractivity contribution in [1.29, 1.82) is 0 Å². The molecule has 0 bridgehead atoms. The Morgan fingerprint density at radius 3 is 2.29 bits per heavy atom. The Balaban J connectivity index is 1.56. The number of methoxy groups -OCH3 is 1. The van der Waals surface area contributed by atoms with Crippen molar-refractivity contribution in [2.24, 2.45) is 0 Å². The lowest BCUT2D eigenvalue weighted by Crippen LogP contribution is -2.54. The van der Waals surface area contributed by atoms with Crippen LogP contribution < -0.4 is 9.64 Å². The van der Waals surface area contributed by atoms with Crippen LogP contribution in [0.25, 0.3) is 0 Å². The van der Waals surface area contributed by atoms with Gasteiger partial charge in [-0.3, -0.25) is 4.90 Å². The van der Waals surface area contributed by atoms with Crippen LogP contribution in [-0.2, 0) is 0 Å². The van der Waals surface area contributed by atoms with Crippen LogP contribution in [0.15, 0.2) is 24.3 Å². The monoisotopic (exact) mass is 290 g/mol. The molecule has 1 saturated carbocycles. The van der Waals surface area contributed by atoms with Gasteiger partial charge in [0.15, 0.2) is 0 Å². The Bertz CT molecular complexity index is 441. The van der Waals surface area contributed by atoms with Gasteiger partial charge in [-0.2, -0.15) is 0 Å². The van der Waals surface area contributed by atoms with Gasteiger partial charge in [0.05, 0.1) is 13.2 Å². The summed E-state index contributed by atoms with van der Waals surface area (Å²) in [6.45, 7) is 4.17. The van der Waals surface area contributed by atoms with Crippen molar-refractivity contribution in [2.75, 3.05) is 38.2 Å². The van der Waals surface area contributed by atoms with Crippen LogP contribution in [0.3, 0.4) is 0 Å². The van der Waals surface area contributed by atoms with Crippen LogP contribution in [0.4, 0.5) is 5.69 Å². The van der Waals surface area contributed by atoms with Gasteiger partial charge in [-0.15, -0.1) is 0 Å². The molecule has 4 heteroatoms. The maximum atomic E-state index is 10.2. The lowest BCUT2D eigenvalue weighted by Gasteiger charge is -2.43. The maximum Gasteiger partial charge on any atom is 0.119 e. The Kier molecular flexibility index (Phi) is 4.66. The Morgan fingerprint density at radius 2 is 1.67 bits per heavy atom. The van der Waals surface area contributed by atoms with Gasteiger partial charge in [-0.05, 0) is 37.1 Å². The molecule has 3 rings (SSSR count). The number of aliphatic hydroxyl groups excluding tert-OH is 1. The first-order chi connectivity index (χ1) is 10.3. The molecule has 4 nitrogen and oxygen atoms in total. The first kappa shape index (κ1) is 14.7. The van der Waals surface area contributed by atoms with Gasteiger partial charge >= 0.3 is 0 Å². The van der Waals surface area contributed by atoms with Crippen LogP contribution in [0.1, 0.15) is 25.7 Å². The molecule has 0 spiro atoms. The highest BCUT2D eigenvalue weighted by Crippen LogP contribution is 2.26. The Morgan fingerprint density at radius 1 is 1.00 bits per heavy atom. The van der Waals surface area contributed by atoms with Crippen LogP contribution in [0, 0.1) is 0 Å². The molecule has 1 aromatic rings. The first-order valence-corrected chi connectivity index (χ1v) is 8.09. The van der Waals surface area contributed by atoms with E-state index in [9.17, 15) is 5.11 Å². The molecular weight excluding hydrogens is 264 g/mol. The molecule has 1 heterocycles. The van der Waals surface area contributed by atoms with E-state index in [0.717, 1.165) is 44.8 Å². The number of nitrogens with zero attached hydrogens (tertiary/aromatic N) is 2. The fourth-order valence-corrected chi connectivity index (χ4v) is 3.62. The van der Waals surface area contributed by atoms with Gasteiger partial charge in [0.1, 0.15) is 5.75 Å². The SMILES string of the molecule is COc1ccc(N2CCN([C@H]3CCCC[C@@H]3O)CC2)cc1. The summed E-state index contributed by atoms with van der Waals surface area (Å²) < 4.78 is 5.21. The highest BCUT2D eigenvalue weighted by molar-refractivity contribution is 5.49. The van der Waals surface area contributed by atoms with Crippen LogP contribution in [0.2, 0.25) is 0 Å². The molecule has 21 heavy (non-hydrogen) atoms. The summed E-state index contributed by atoms with van der Waals surface area (Å²) in [7, 11) is 1.70. The van der Waals surface area contributed by atoms with E-state index in [1.54, 1.807) is 7.11 Å². The van der Waals surface area contributed by atoms with Crippen molar-refractivity contribution < 1.29 is 9.84 Å². The van der Waals surface area contributed by atoms with E-state index >= 15 is 0 Å². The number of piperazine rings is 1. The summed E-state index contributed by atoms with van der Waals surface area (Å²) in [5, 5.41) is 10.2. The second-order valence-corrected chi connectivity index (χ2v) is 6.14. The minimum absolute atomic E-state index is 0.119. The van der Waals surface area contributed by atoms with Gasteiger partial charge in [0.25, 0.3) is 0 Å². The highest BCUT2D eigenvalue weighted by atomic mass is 16.5. The average Bonchev–Trinajstić information content (AvgIpc) is 2.56. The zero-order chi connectivity index (χ0) is 14.7. The molecule has 0 aromatic heterocycles. The Hall–Kier alpha value is -1.26. The average molecular weight is 290 g/mol. The summed E-state index contributed by atoms with van der Waals surface area (Å²) in [6.07, 6.45) is 4.46. The molecular formula is C17H26N2O2. The number of rotatable bonds is 3. The zero-order valence-electron chi connectivity index (χ0n) is 12.9. The van der Waals surface area contributed by atoms with Crippen LogP contribution in [-0.4, -0.2) is 55.4 Å². The van der Waals surface area contributed by atoms with Gasteiger partial charge in [-0.1, -0.05) is 12.8 Å². The second-order valence-electron chi connectivity index (χ2n) is 6.14. The number of hydrogen-bond donors (Lipinski definition) is 1. The molecule has 0 unspecified atom stereocenters. The molecule has 2 fully saturated rings. The van der Waals surface area contributed by atoms with Crippen molar-refractivity contribution in [1.82, 2.24) is 4.90 Å². The third-order valence-corrected chi connectivity index (χ3v) is 4.91. The van der Waals surface area contributed by atoms with E-state index in [2.05, 4.69) is 21.9 Å². The first-order valence-electron chi connectivity index (χ1n) is 8.09. The molecule has 1 aliphatic heterocycles. The fourth-order valence-electron chi connectivity index (χ4n) is 3.62. The predicted octanol–water partition coefficient (Wildman–Crippen LogP) is 2.12. The summed E-state index contributed by atoms with van der Waals surface area (Å²) in [4.78, 5) is 4.91. The van der Waals surface area contributed by atoms with Crippen LogP contribution >= 0.6 is 0 Å². The van der Waals surface area contributed by atoms with E-state index in [1.165, 1.54) is 18.5 Å². The van der Waals surface area contributed by atoms with E-state index in [4.69, 9.17) is 4.74 Å². The highest BCUT2D eigenvalue weighted by Gasteiger charge is 2.30. The van der Waals surface area contributed by atoms with Crippen molar-refractivity contribution in [3.05, 3.63) is 24.3 Å². The Labute approximate surface area is 127 Å². The normalized spacial score (nSPS) is 27.6. The fraction of sp³-hybridized carbons (Fsp3) is 0.647. The summed E-state index contributed by atoms with van der Waals surface area (Å²) in [5.41, 5.74) is 1.26. The number of ether oxygens (including phenoxy) is 1. The molecule has 2 aliphatic rings. The summed E-state index contributed by atoms with van der Waals surface area (Å²) in [5.74, 6) is 0.905. The van der Waals surface area contributed by atoms with Crippen molar-refractivity contribution in [3.63, 3.8) is 0 Å². The number of aliphatic hydroxyl groups is 1. The summed E-state index contributed by atoms with van der Waals surface area (Å²) in [6, 6.07) is 8.68. The minimum atomic E-state index is -0.119. The number of benzene rings is 1. The summed E-state index contributed by atoms with van der Waals surface area (Å²) >= 11 is 0. The molecule has 0 amide bonds. The van der Waals surface area contributed by atoms with Gasteiger partial charge in [0, 0.05) is 37.9 Å². The number of anilines is 1.